The molecule has 0 saturated carbocycles. The number of alkyl halides is 6. The number of rotatable bonds is 5. The van der Waals surface area contributed by atoms with Crippen LogP contribution in [0.25, 0.3) is 0 Å². The molecule has 0 aromatic heterocycles. The second kappa shape index (κ2) is 6.00. The van der Waals surface area contributed by atoms with Gasteiger partial charge < -0.3 is 14.9 Å². The molecule has 10 heteroatoms. The molecule has 0 heterocycles. The van der Waals surface area contributed by atoms with Crippen LogP contribution in [0.2, 0.25) is 0 Å². The van der Waals surface area contributed by atoms with Gasteiger partial charge in [-0.3, -0.25) is 0 Å². The minimum absolute atomic E-state index is 0.542. The van der Waals surface area contributed by atoms with Crippen LogP contribution in [-0.2, 0) is 9.53 Å². The smallest absolute Gasteiger partial charge is 0.426 e. The van der Waals surface area contributed by atoms with Crippen LogP contribution in [0.15, 0.2) is 12.2 Å². The van der Waals surface area contributed by atoms with Crippen LogP contribution in [0.5, 0.6) is 0 Å². The fourth-order valence-corrected chi connectivity index (χ4v) is 1.18. The first-order valence-corrected chi connectivity index (χ1v) is 5.11. The number of hydrogen-bond donors (Lipinski definition) is 2. The van der Waals surface area contributed by atoms with Crippen molar-refractivity contribution < 1.29 is 46.1 Å². The third-order valence-electron chi connectivity index (χ3n) is 2.31. The Balaban J connectivity index is 5.04. The van der Waals surface area contributed by atoms with Gasteiger partial charge in [-0.2, -0.15) is 26.3 Å². The van der Waals surface area contributed by atoms with Gasteiger partial charge in [0, 0.05) is 6.42 Å². The summed E-state index contributed by atoms with van der Waals surface area (Å²) in [6.45, 7) is 2.86. The third-order valence-corrected chi connectivity index (χ3v) is 2.31. The summed E-state index contributed by atoms with van der Waals surface area (Å²) in [5.41, 5.74) is -5.54. The third kappa shape index (κ3) is 4.10. The van der Waals surface area contributed by atoms with Crippen LogP contribution in [0.3, 0.4) is 0 Å². The number of halogens is 6. The number of carbonyl (C=O) groups excluding carboxylic acids is 1. The van der Waals surface area contributed by atoms with Gasteiger partial charge in [-0.15, -0.1) is 0 Å². The molecule has 1 atom stereocenters. The van der Waals surface area contributed by atoms with Crippen LogP contribution in [-0.4, -0.2) is 46.8 Å². The standard InChI is InChI=1S/C10H12F6O4/c1-5(4-17)7(18)20-6(2)3-8(19,9(11,12)13)10(14,15)16/h6,17,19H,1,3-4H2,2H3. The molecule has 20 heavy (non-hydrogen) atoms. The minimum Gasteiger partial charge on any atom is -0.459 e. The lowest BCUT2D eigenvalue weighted by atomic mass is 9.95. The zero-order valence-corrected chi connectivity index (χ0v) is 10.2. The second-order valence-electron chi connectivity index (χ2n) is 4.04. The lowest BCUT2D eigenvalue weighted by Crippen LogP contribution is -2.58. The Morgan fingerprint density at radius 1 is 1.20 bits per heavy atom. The Morgan fingerprint density at radius 2 is 1.60 bits per heavy atom. The van der Waals surface area contributed by atoms with Gasteiger partial charge in [-0.25, -0.2) is 4.79 Å². The Labute approximate surface area is 109 Å². The fraction of sp³-hybridized carbons (Fsp3) is 0.700. The first kappa shape index (κ1) is 18.7. The number of aliphatic hydroxyl groups excluding tert-OH is 1. The summed E-state index contributed by atoms with van der Waals surface area (Å²) >= 11 is 0. The summed E-state index contributed by atoms with van der Waals surface area (Å²) in [6.07, 6.45) is -15.8. The molecule has 0 aliphatic heterocycles. The molecule has 0 saturated heterocycles. The fourth-order valence-electron chi connectivity index (χ4n) is 1.18. The first-order chi connectivity index (χ1) is 8.76. The van der Waals surface area contributed by atoms with E-state index in [2.05, 4.69) is 11.3 Å². The highest BCUT2D eigenvalue weighted by molar-refractivity contribution is 5.88. The molecule has 0 aromatic rings. The number of ether oxygens (including phenoxy) is 1. The van der Waals surface area contributed by atoms with Crippen molar-refractivity contribution in [2.24, 2.45) is 0 Å². The van der Waals surface area contributed by atoms with E-state index in [-0.39, 0.29) is 0 Å². The first-order valence-electron chi connectivity index (χ1n) is 5.11. The molecule has 0 radical (unpaired) electrons. The Bertz CT molecular complexity index is 359. The summed E-state index contributed by atoms with van der Waals surface area (Å²) in [4.78, 5) is 11.0. The molecule has 0 aliphatic rings. The van der Waals surface area contributed by atoms with Gasteiger partial charge in [-0.05, 0) is 6.92 Å². The summed E-state index contributed by atoms with van der Waals surface area (Å²) < 4.78 is 78.4. The molecule has 1 unspecified atom stereocenters. The van der Waals surface area contributed by atoms with E-state index < -0.39 is 48.6 Å². The highest BCUT2D eigenvalue weighted by Gasteiger charge is 2.70. The molecule has 118 valence electrons. The molecule has 4 nitrogen and oxygen atoms in total. The van der Waals surface area contributed by atoms with Crippen LogP contribution in [0.1, 0.15) is 13.3 Å². The highest BCUT2D eigenvalue weighted by Crippen LogP contribution is 2.46. The van der Waals surface area contributed by atoms with Crippen molar-refractivity contribution in [2.45, 2.75) is 37.4 Å². The van der Waals surface area contributed by atoms with Gasteiger partial charge in [-0.1, -0.05) is 6.58 Å². The molecule has 0 rings (SSSR count). The van der Waals surface area contributed by atoms with Crippen molar-refractivity contribution in [3.8, 4) is 0 Å². The van der Waals surface area contributed by atoms with Crippen LogP contribution in [0.4, 0.5) is 26.3 Å². The maximum atomic E-state index is 12.4. The lowest BCUT2D eigenvalue weighted by molar-refractivity contribution is -0.373. The van der Waals surface area contributed by atoms with Crippen molar-refractivity contribution in [1.82, 2.24) is 0 Å². The zero-order valence-electron chi connectivity index (χ0n) is 10.2. The van der Waals surface area contributed by atoms with Crippen molar-refractivity contribution in [2.75, 3.05) is 6.61 Å². The summed E-state index contributed by atoms with van der Waals surface area (Å²) in [6, 6.07) is 0. The number of carbonyl (C=O) groups is 1. The van der Waals surface area contributed by atoms with Crippen molar-refractivity contribution in [3.63, 3.8) is 0 Å². The van der Waals surface area contributed by atoms with Gasteiger partial charge in [0.05, 0.1) is 12.2 Å². The number of hydrogen-bond acceptors (Lipinski definition) is 4. The average molecular weight is 310 g/mol. The average Bonchev–Trinajstić information content (AvgIpc) is 2.24. The van der Waals surface area contributed by atoms with Gasteiger partial charge in [0.2, 0.25) is 0 Å². The Hall–Kier alpha value is -1.29. The van der Waals surface area contributed by atoms with Gasteiger partial charge >= 0.3 is 18.3 Å². The topological polar surface area (TPSA) is 66.8 Å². The summed E-state index contributed by atoms with van der Waals surface area (Å²) in [5.74, 6) is -1.35. The predicted molar refractivity (Wildman–Crippen MR) is 53.5 cm³/mol. The largest absolute Gasteiger partial charge is 0.459 e. The molecule has 0 spiro atoms. The second-order valence-corrected chi connectivity index (χ2v) is 4.04. The zero-order chi connectivity index (χ0) is 16.4. The van der Waals surface area contributed by atoms with Crippen molar-refractivity contribution >= 4 is 5.97 Å². The van der Waals surface area contributed by atoms with E-state index in [1.165, 1.54) is 0 Å². The molecule has 0 aliphatic carbocycles. The molecule has 0 fully saturated rings. The maximum absolute atomic E-state index is 12.4. The van der Waals surface area contributed by atoms with E-state index in [1.54, 1.807) is 0 Å². The lowest BCUT2D eigenvalue weighted by Gasteiger charge is -2.33. The van der Waals surface area contributed by atoms with Crippen LogP contribution < -0.4 is 0 Å². The summed E-state index contributed by atoms with van der Waals surface area (Å²) in [7, 11) is 0. The molecule has 0 amide bonds. The quantitative estimate of drug-likeness (QED) is 0.461. The van der Waals surface area contributed by atoms with Crippen LogP contribution >= 0.6 is 0 Å². The minimum atomic E-state index is -5.99. The van der Waals surface area contributed by atoms with E-state index in [0.29, 0.717) is 0 Å². The normalized spacial score (nSPS) is 14.8. The van der Waals surface area contributed by atoms with Crippen molar-refractivity contribution in [1.29, 1.82) is 0 Å². The molecular weight excluding hydrogens is 298 g/mol. The molecule has 2 N–H and O–H groups in total. The number of aliphatic hydroxyl groups is 2. The Kier molecular flexibility index (Phi) is 5.61. The van der Waals surface area contributed by atoms with Crippen LogP contribution in [0, 0.1) is 0 Å². The molecule has 0 bridgehead atoms. The van der Waals surface area contributed by atoms with E-state index >= 15 is 0 Å². The van der Waals surface area contributed by atoms with E-state index in [4.69, 9.17) is 10.2 Å². The maximum Gasteiger partial charge on any atom is 0.426 e. The van der Waals surface area contributed by atoms with Crippen molar-refractivity contribution in [3.05, 3.63) is 12.2 Å². The highest BCUT2D eigenvalue weighted by atomic mass is 19.4. The summed E-state index contributed by atoms with van der Waals surface area (Å²) in [5, 5.41) is 17.3. The van der Waals surface area contributed by atoms with Gasteiger partial charge in [0.25, 0.3) is 5.60 Å². The van der Waals surface area contributed by atoms with Gasteiger partial charge in [0.15, 0.2) is 0 Å². The molecular formula is C10H12F6O4. The predicted octanol–water partition coefficient (Wildman–Crippen LogP) is 1.71. The van der Waals surface area contributed by atoms with E-state index in [0.717, 1.165) is 6.92 Å². The van der Waals surface area contributed by atoms with E-state index in [9.17, 15) is 31.1 Å². The SMILES string of the molecule is C=C(CO)C(=O)OC(C)CC(O)(C(F)(F)F)C(F)(F)F. The monoisotopic (exact) mass is 310 g/mol. The van der Waals surface area contributed by atoms with Gasteiger partial charge in [0.1, 0.15) is 6.10 Å². The van der Waals surface area contributed by atoms with E-state index in [1.807, 2.05) is 0 Å². The Morgan fingerprint density at radius 3 is 1.90 bits per heavy atom. The number of esters is 1. The molecule has 0 aromatic carbocycles.